The van der Waals surface area contributed by atoms with Crippen LogP contribution in [0.1, 0.15) is 10.4 Å². The molecule has 0 aliphatic carbocycles. The van der Waals surface area contributed by atoms with E-state index in [-0.39, 0.29) is 18.3 Å². The lowest BCUT2D eigenvalue weighted by Crippen LogP contribution is -2.29. The second-order valence-electron chi connectivity index (χ2n) is 4.75. The average molecular weight is 327 g/mol. The van der Waals surface area contributed by atoms with Gasteiger partial charge in [-0.3, -0.25) is 9.69 Å². The van der Waals surface area contributed by atoms with Crippen molar-refractivity contribution >= 4 is 40.5 Å². The Morgan fingerprint density at radius 3 is 2.62 bits per heavy atom. The fourth-order valence-corrected chi connectivity index (χ4v) is 2.56. The summed E-state index contributed by atoms with van der Waals surface area (Å²) in [6.07, 6.45) is 1.74. The summed E-state index contributed by atoms with van der Waals surface area (Å²) in [5, 5.41) is 3.43. The predicted molar refractivity (Wildman–Crippen MR) is 89.9 cm³/mol. The molecule has 2 rings (SSSR count). The third-order valence-corrected chi connectivity index (χ3v) is 3.56. The van der Waals surface area contributed by atoms with Gasteiger partial charge in [-0.15, -0.1) is 23.7 Å². The largest absolute Gasteiger partial charge is 0.375 e. The highest BCUT2D eigenvalue weighted by Crippen LogP contribution is 2.16. The van der Waals surface area contributed by atoms with Crippen molar-refractivity contribution in [2.45, 2.75) is 13.5 Å². The first-order valence-corrected chi connectivity index (χ1v) is 7.10. The summed E-state index contributed by atoms with van der Waals surface area (Å²) in [5.74, 6) is -0.0335. The molecule has 5 nitrogen and oxygen atoms in total. The highest BCUT2D eigenvalue weighted by molar-refractivity contribution is 7.15. The van der Waals surface area contributed by atoms with Gasteiger partial charge in [-0.25, -0.2) is 4.98 Å². The van der Waals surface area contributed by atoms with E-state index in [1.165, 1.54) is 16.9 Å². The predicted octanol–water partition coefficient (Wildman–Crippen LogP) is 2.53. The Labute approximate surface area is 134 Å². The number of hydrogen-bond donors (Lipinski definition) is 2. The minimum absolute atomic E-state index is 0. The van der Waals surface area contributed by atoms with Crippen LogP contribution in [0, 0.1) is 6.92 Å². The maximum absolute atomic E-state index is 11.9. The summed E-state index contributed by atoms with van der Waals surface area (Å²) in [6, 6.07) is 7.74. The quantitative estimate of drug-likeness (QED) is 0.885. The summed E-state index contributed by atoms with van der Waals surface area (Å²) >= 11 is 1.44. The number of likely N-dealkylation sites (N-methyl/N-ethyl adjacent to an activating group) is 1. The van der Waals surface area contributed by atoms with Crippen molar-refractivity contribution in [3.05, 3.63) is 40.9 Å². The molecule has 2 aromatic rings. The van der Waals surface area contributed by atoms with Crippen LogP contribution in [0.4, 0.5) is 10.8 Å². The van der Waals surface area contributed by atoms with Crippen LogP contribution in [0.3, 0.4) is 0 Å². The molecular formula is C14H19ClN4OS. The van der Waals surface area contributed by atoms with Gasteiger partial charge >= 0.3 is 0 Å². The summed E-state index contributed by atoms with van der Waals surface area (Å²) in [4.78, 5) is 18.9. The Bertz CT molecular complexity index is 585. The Morgan fingerprint density at radius 2 is 2.05 bits per heavy atom. The number of carbonyl (C=O) groups is 1. The standard InChI is InChI=1S/C14H18N4OS.ClH/c1-10-3-5-11(6-4-10)17-13(19)9-18(2)8-12-7-16-14(15)20-12;/h3-7H,8-9H2,1-2H3,(H2,15,16)(H,17,19);1H. The number of nitrogen functional groups attached to an aromatic ring is 1. The number of nitrogens with one attached hydrogen (secondary N) is 1. The number of carbonyl (C=O) groups excluding carboxylic acids is 1. The first kappa shape index (κ1) is 17.4. The van der Waals surface area contributed by atoms with Crippen LogP contribution < -0.4 is 11.1 Å². The molecule has 0 aliphatic heterocycles. The van der Waals surface area contributed by atoms with Crippen LogP contribution >= 0.6 is 23.7 Å². The highest BCUT2D eigenvalue weighted by Gasteiger charge is 2.09. The molecule has 0 unspecified atom stereocenters. The van der Waals surface area contributed by atoms with Gasteiger partial charge in [0, 0.05) is 23.3 Å². The molecule has 1 heterocycles. The molecule has 0 saturated heterocycles. The molecule has 0 aliphatic rings. The second-order valence-corrected chi connectivity index (χ2v) is 5.90. The Morgan fingerprint density at radius 1 is 1.38 bits per heavy atom. The number of benzene rings is 1. The smallest absolute Gasteiger partial charge is 0.238 e. The third-order valence-electron chi connectivity index (χ3n) is 2.75. The summed E-state index contributed by atoms with van der Waals surface area (Å²) in [5.41, 5.74) is 7.56. The number of halogens is 1. The van der Waals surface area contributed by atoms with Crippen molar-refractivity contribution in [2.75, 3.05) is 24.6 Å². The lowest BCUT2D eigenvalue weighted by atomic mass is 10.2. The van der Waals surface area contributed by atoms with Gasteiger partial charge in [-0.1, -0.05) is 17.7 Å². The van der Waals surface area contributed by atoms with E-state index in [9.17, 15) is 4.79 Å². The number of aryl methyl sites for hydroxylation is 1. The van der Waals surface area contributed by atoms with Gasteiger partial charge in [-0.05, 0) is 26.1 Å². The normalized spacial score (nSPS) is 10.2. The Balaban J connectivity index is 0.00000220. The molecule has 1 amide bonds. The molecule has 7 heteroatoms. The van der Waals surface area contributed by atoms with Crippen molar-refractivity contribution in [3.63, 3.8) is 0 Å². The van der Waals surface area contributed by atoms with Crippen molar-refractivity contribution in [3.8, 4) is 0 Å². The molecule has 0 bridgehead atoms. The summed E-state index contributed by atoms with van der Waals surface area (Å²) in [7, 11) is 1.89. The van der Waals surface area contributed by atoms with Gasteiger partial charge in [0.15, 0.2) is 5.13 Å². The Hall–Kier alpha value is -1.63. The number of nitrogens with zero attached hydrogens (tertiary/aromatic N) is 2. The molecule has 114 valence electrons. The molecule has 21 heavy (non-hydrogen) atoms. The molecule has 1 aromatic carbocycles. The number of amides is 1. The summed E-state index contributed by atoms with van der Waals surface area (Å²) < 4.78 is 0. The van der Waals surface area contributed by atoms with E-state index >= 15 is 0 Å². The number of aromatic nitrogens is 1. The van der Waals surface area contributed by atoms with Crippen LogP contribution in [0.25, 0.3) is 0 Å². The zero-order chi connectivity index (χ0) is 14.5. The minimum Gasteiger partial charge on any atom is -0.375 e. The van der Waals surface area contributed by atoms with Gasteiger partial charge in [0.1, 0.15) is 0 Å². The van der Waals surface area contributed by atoms with Crippen molar-refractivity contribution in [2.24, 2.45) is 0 Å². The van der Waals surface area contributed by atoms with Gasteiger partial charge in [0.2, 0.25) is 5.91 Å². The third kappa shape index (κ3) is 5.71. The van der Waals surface area contributed by atoms with Crippen LogP contribution in [0.2, 0.25) is 0 Å². The fourth-order valence-electron chi connectivity index (χ4n) is 1.80. The minimum atomic E-state index is -0.0335. The van der Waals surface area contributed by atoms with Crippen LogP contribution in [-0.2, 0) is 11.3 Å². The Kier molecular flexibility index (Phi) is 6.61. The first-order valence-electron chi connectivity index (χ1n) is 6.28. The zero-order valence-corrected chi connectivity index (χ0v) is 13.6. The van der Waals surface area contributed by atoms with Gasteiger partial charge < -0.3 is 11.1 Å². The van der Waals surface area contributed by atoms with E-state index in [0.29, 0.717) is 18.2 Å². The SMILES string of the molecule is Cc1ccc(NC(=O)CN(C)Cc2cnc(N)s2)cc1.Cl. The van der Waals surface area contributed by atoms with Crippen molar-refractivity contribution in [1.82, 2.24) is 9.88 Å². The average Bonchev–Trinajstić information content (AvgIpc) is 2.77. The number of hydrogen-bond acceptors (Lipinski definition) is 5. The van der Waals surface area contributed by atoms with Crippen LogP contribution in [0.5, 0.6) is 0 Å². The highest BCUT2D eigenvalue weighted by atomic mass is 35.5. The van der Waals surface area contributed by atoms with Crippen LogP contribution in [0.15, 0.2) is 30.5 Å². The molecule has 1 aromatic heterocycles. The molecule has 0 radical (unpaired) electrons. The molecule has 0 saturated carbocycles. The van der Waals surface area contributed by atoms with E-state index in [1.54, 1.807) is 6.20 Å². The molecular weight excluding hydrogens is 308 g/mol. The van der Waals surface area contributed by atoms with Gasteiger partial charge in [0.25, 0.3) is 0 Å². The van der Waals surface area contributed by atoms with E-state index in [1.807, 2.05) is 43.1 Å². The van der Waals surface area contributed by atoms with Crippen LogP contribution in [-0.4, -0.2) is 29.4 Å². The van der Waals surface area contributed by atoms with Gasteiger partial charge in [-0.2, -0.15) is 0 Å². The monoisotopic (exact) mass is 326 g/mol. The fraction of sp³-hybridized carbons (Fsp3) is 0.286. The van der Waals surface area contributed by atoms with E-state index in [0.717, 1.165) is 10.6 Å². The maximum Gasteiger partial charge on any atom is 0.238 e. The van der Waals surface area contributed by atoms with Gasteiger partial charge in [0.05, 0.1) is 6.54 Å². The topological polar surface area (TPSA) is 71.2 Å². The molecule has 0 fully saturated rings. The first-order chi connectivity index (χ1) is 9.52. The van der Waals surface area contributed by atoms with E-state index < -0.39 is 0 Å². The number of nitrogens with two attached hydrogens (primary N) is 1. The number of anilines is 2. The number of rotatable bonds is 5. The van der Waals surface area contributed by atoms with Crippen molar-refractivity contribution in [1.29, 1.82) is 0 Å². The zero-order valence-electron chi connectivity index (χ0n) is 12.0. The van der Waals surface area contributed by atoms with E-state index in [4.69, 9.17) is 5.73 Å². The molecule has 0 spiro atoms. The summed E-state index contributed by atoms with van der Waals surface area (Å²) in [6.45, 7) is 3.00. The lowest BCUT2D eigenvalue weighted by Gasteiger charge is -2.15. The maximum atomic E-state index is 11.9. The van der Waals surface area contributed by atoms with E-state index in [2.05, 4.69) is 10.3 Å². The number of thiazole rings is 1. The lowest BCUT2D eigenvalue weighted by molar-refractivity contribution is -0.117. The van der Waals surface area contributed by atoms with Crippen molar-refractivity contribution < 1.29 is 4.79 Å². The molecule has 3 N–H and O–H groups in total. The second kappa shape index (κ2) is 7.97. The molecule has 0 atom stereocenters.